The van der Waals surface area contributed by atoms with Crippen molar-refractivity contribution >= 4 is 164 Å². The molecule has 7 aliphatic rings. The fraction of sp³-hybridized carbons (Fsp3) is 0.366. The number of amides is 12. The molecule has 4 fully saturated rings. The quantitative estimate of drug-likeness (QED) is 0.0309. The normalized spacial score (nSPS) is 15.4. The van der Waals surface area contributed by atoms with Crippen molar-refractivity contribution in [2.75, 3.05) is 202 Å². The summed E-state index contributed by atoms with van der Waals surface area (Å²) in [6.45, 7) is 17.3. The van der Waals surface area contributed by atoms with Gasteiger partial charge in [0.25, 0.3) is 23.6 Å². The SMILES string of the molecule is CCOC(=O)CN1CCN(c2ccc(N(CCO)C(=O)c3c(Cl)ncnc3Cl)cc2C)C1=O.CCOC(=O)CN1CCN(c2ccc(N3CCOc4ncnc(Cl)c4C3=O)cc2C)C1=O.CCOC(=O)CN1CCN(c2ccc(N3CCOc4ncnc(N)c4C3=O)cc2C)C1=O.Cc1cc(N2CCOc3ncnc(N)c3C2=O)ccc1N1CCN(CC(=O)O)C1=O. The minimum Gasteiger partial charge on any atom is -0.480 e. The van der Waals surface area contributed by atoms with E-state index < -0.39 is 29.8 Å². The molecule has 0 spiro atoms. The molecule has 4 aromatic heterocycles. The molecule has 12 amide bonds. The molecule has 0 atom stereocenters. The van der Waals surface area contributed by atoms with Crippen LogP contribution in [0.15, 0.2) is 98.1 Å². The summed E-state index contributed by atoms with van der Waals surface area (Å²) in [6.07, 6.45) is 4.90. The van der Waals surface area contributed by atoms with Gasteiger partial charge in [-0.25, -0.2) is 59.0 Å². The van der Waals surface area contributed by atoms with Crippen LogP contribution in [0.2, 0.25) is 15.5 Å². The monoisotopic (exact) mass is 1810 g/mol. The van der Waals surface area contributed by atoms with Gasteiger partial charge in [-0.2, -0.15) is 0 Å². The topological polar surface area (TPSA) is 495 Å². The fourth-order valence-electron chi connectivity index (χ4n) is 14.8. The van der Waals surface area contributed by atoms with Gasteiger partial charge in [0.1, 0.15) is 121 Å². The minimum absolute atomic E-state index is 0.0187. The first kappa shape index (κ1) is 92.1. The number of hydrogen-bond acceptors (Lipinski definition) is 29. The first-order valence-corrected chi connectivity index (χ1v) is 41.1. The molecule has 45 heteroatoms. The molecule has 42 nitrogen and oxygen atoms in total. The van der Waals surface area contributed by atoms with Crippen LogP contribution < -0.4 is 64.9 Å². The maximum absolute atomic E-state index is 13.1. The first-order valence-electron chi connectivity index (χ1n) is 40.0. The lowest BCUT2D eigenvalue weighted by Crippen LogP contribution is -2.36. The number of aryl methyl sites for hydroxylation is 4. The second kappa shape index (κ2) is 41.1. The standard InChI is InChI=1S/C21H23Cl2N5O5.C21H22ClN5O5.C21H24N6O5.C19H20N6O5/c1-3-33-16(30)11-26-6-7-28(21(26)32)15-5-4-14(10-13(15)2)27(8-9-29)20(31)17-18(22)24-12-25-19(17)23;2*1-3-31-16(28)11-25-6-7-27(21(25)30)15-5-4-14(10-13(15)2)26-8-9-32-19-17(20(26)29)18(22)23-12-24-19;1-11-8-12(2-3-13(11)25-5-4-23(19(25)29)9-14(26)27)24-6-7-30-17-15(18(24)28)16(20)21-10-22-17/h4-5,10,12,29H,3,6-9,11H2,1-2H3;4-5,10,12H,3,6-9,11H2,1-2H3;4-5,10,12H,3,6-9,11H2,1-2H3,(H2,22,23,24);2-3,8,10H,4-7,9H2,1H3,(H,26,27)(H2,20,21,22). The zero-order valence-corrected chi connectivity index (χ0v) is 72.2. The van der Waals surface area contributed by atoms with Crippen LogP contribution in [-0.4, -0.2) is 292 Å². The van der Waals surface area contributed by atoms with Crippen LogP contribution >= 0.6 is 34.8 Å². The Morgan fingerprint density at radius 2 is 0.724 bits per heavy atom. The lowest BCUT2D eigenvalue weighted by atomic mass is 10.1. The predicted octanol–water partition coefficient (Wildman–Crippen LogP) is 6.76. The Kier molecular flexibility index (Phi) is 29.8. The summed E-state index contributed by atoms with van der Waals surface area (Å²) in [4.78, 5) is 199. The summed E-state index contributed by atoms with van der Waals surface area (Å²) in [5, 5.41) is 18.3. The molecule has 7 aliphatic heterocycles. The number of aromatic nitrogens is 8. The molecule has 4 saturated heterocycles. The van der Waals surface area contributed by atoms with Gasteiger partial charge in [-0.3, -0.25) is 58.0 Å². The van der Waals surface area contributed by atoms with Gasteiger partial charge in [0, 0.05) is 104 Å². The number of urea groups is 4. The summed E-state index contributed by atoms with van der Waals surface area (Å²) < 4.78 is 31.5. The summed E-state index contributed by atoms with van der Waals surface area (Å²) in [6, 6.07) is 20.0. The van der Waals surface area contributed by atoms with Crippen LogP contribution in [0.1, 0.15) is 84.5 Å². The Morgan fingerprint density at radius 3 is 1.06 bits per heavy atom. The van der Waals surface area contributed by atoms with Crippen molar-refractivity contribution in [1.29, 1.82) is 0 Å². The number of aliphatic hydroxyl groups excluding tert-OH is 1. The Balaban J connectivity index is 0.000000154. The van der Waals surface area contributed by atoms with E-state index in [1.807, 2.05) is 32.9 Å². The number of carboxylic acid groups (broad SMARTS) is 1. The number of ether oxygens (including phenoxy) is 6. The van der Waals surface area contributed by atoms with E-state index in [0.717, 1.165) is 28.6 Å². The molecule has 11 heterocycles. The lowest BCUT2D eigenvalue weighted by molar-refractivity contribution is -0.144. The zero-order valence-electron chi connectivity index (χ0n) is 70.0. The molecule has 668 valence electrons. The van der Waals surface area contributed by atoms with Gasteiger partial charge in [0.05, 0.1) is 46.1 Å². The number of carbonyl (C=O) groups is 12. The first-order chi connectivity index (χ1) is 60.9. The lowest BCUT2D eigenvalue weighted by Gasteiger charge is -2.25. The Hall–Kier alpha value is -14.1. The van der Waals surface area contributed by atoms with Gasteiger partial charge in [0.2, 0.25) is 17.6 Å². The highest BCUT2D eigenvalue weighted by Crippen LogP contribution is 2.38. The van der Waals surface area contributed by atoms with E-state index >= 15 is 0 Å². The summed E-state index contributed by atoms with van der Waals surface area (Å²) in [5.74, 6) is -3.41. The molecule has 127 heavy (non-hydrogen) atoms. The molecule has 0 bridgehead atoms. The Bertz CT molecular complexity index is 5420. The molecule has 0 unspecified atom stereocenters. The molecule has 0 radical (unpaired) electrons. The average Bonchev–Trinajstić information content (AvgIpc) is 1.27. The van der Waals surface area contributed by atoms with E-state index in [2.05, 4.69) is 39.9 Å². The van der Waals surface area contributed by atoms with Crippen LogP contribution in [0.5, 0.6) is 17.6 Å². The number of nitrogens with zero attached hydrogens (tertiary/aromatic N) is 20. The largest absolute Gasteiger partial charge is 0.480 e. The summed E-state index contributed by atoms with van der Waals surface area (Å²) in [5.41, 5.74) is 20.3. The summed E-state index contributed by atoms with van der Waals surface area (Å²) >= 11 is 18.2. The third-order valence-corrected chi connectivity index (χ3v) is 21.6. The molecule has 0 saturated carbocycles. The molecule has 15 rings (SSSR count). The molecule has 4 aromatic carbocycles. The average molecular weight is 1810 g/mol. The van der Waals surface area contributed by atoms with E-state index in [0.29, 0.717) is 117 Å². The number of fused-ring (bicyclic) bond motifs is 3. The fourth-order valence-corrected chi connectivity index (χ4v) is 15.5. The number of benzene rings is 4. The van der Waals surface area contributed by atoms with Gasteiger partial charge < -0.3 is 89.3 Å². The molecule has 8 aromatic rings. The van der Waals surface area contributed by atoms with Crippen molar-refractivity contribution < 1.29 is 96.2 Å². The third-order valence-electron chi connectivity index (χ3n) is 20.7. The maximum atomic E-state index is 13.1. The highest BCUT2D eigenvalue weighted by atomic mass is 35.5. The van der Waals surface area contributed by atoms with Crippen LogP contribution in [-0.2, 0) is 33.4 Å². The molecule has 6 N–H and O–H groups in total. The maximum Gasteiger partial charge on any atom is 0.325 e. The van der Waals surface area contributed by atoms with Crippen molar-refractivity contribution in [3.05, 3.63) is 158 Å². The number of carboxylic acids is 1. The number of carbonyl (C=O) groups excluding carboxylic acids is 11. The minimum atomic E-state index is -1.05. The van der Waals surface area contributed by atoms with E-state index in [9.17, 15) is 62.6 Å². The van der Waals surface area contributed by atoms with Gasteiger partial charge in [-0.05, 0) is 144 Å². The van der Waals surface area contributed by atoms with E-state index in [1.165, 1.54) is 53.3 Å². The zero-order chi connectivity index (χ0) is 91.2. The smallest absolute Gasteiger partial charge is 0.325 e. The Morgan fingerprint density at radius 1 is 0.409 bits per heavy atom. The van der Waals surface area contributed by atoms with Crippen molar-refractivity contribution in [2.45, 2.75) is 48.5 Å². The number of nitrogens with two attached hydrogens (primary N) is 2. The van der Waals surface area contributed by atoms with Crippen LogP contribution in [0.3, 0.4) is 0 Å². The highest BCUT2D eigenvalue weighted by molar-refractivity contribution is 6.39. The number of halogens is 3. The van der Waals surface area contributed by atoms with Gasteiger partial charge in [-0.1, -0.05) is 34.8 Å². The number of esters is 3. The second-order valence-electron chi connectivity index (χ2n) is 28.8. The third kappa shape index (κ3) is 20.6. The number of aliphatic carboxylic acids is 1. The van der Waals surface area contributed by atoms with E-state index in [4.69, 9.17) is 79.8 Å². The van der Waals surface area contributed by atoms with E-state index in [-0.39, 0.29) is 188 Å². The van der Waals surface area contributed by atoms with Crippen molar-refractivity contribution in [3.8, 4) is 17.6 Å². The van der Waals surface area contributed by atoms with Gasteiger partial charge in [0.15, 0.2) is 0 Å². The van der Waals surface area contributed by atoms with E-state index in [1.54, 1.807) is 113 Å². The number of hydrogen-bond donors (Lipinski definition) is 4. The Labute approximate surface area is 741 Å². The van der Waals surface area contributed by atoms with Gasteiger partial charge in [-0.15, -0.1) is 0 Å². The highest BCUT2D eigenvalue weighted by Gasteiger charge is 2.40. The predicted molar refractivity (Wildman–Crippen MR) is 462 cm³/mol. The molecule has 0 aliphatic carbocycles. The summed E-state index contributed by atoms with van der Waals surface area (Å²) in [7, 11) is 0. The molecular weight excluding hydrogens is 1720 g/mol. The van der Waals surface area contributed by atoms with Crippen molar-refractivity contribution in [1.82, 2.24) is 59.5 Å². The van der Waals surface area contributed by atoms with Crippen molar-refractivity contribution in [3.63, 3.8) is 0 Å². The number of nitrogen functional groups attached to an aromatic ring is 2. The number of rotatable bonds is 22. The second-order valence-corrected chi connectivity index (χ2v) is 29.8. The molecular formula is C82H89Cl3N22O20. The number of anilines is 10. The van der Waals surface area contributed by atoms with Crippen LogP contribution in [0.4, 0.5) is 76.3 Å². The van der Waals surface area contributed by atoms with Crippen LogP contribution in [0, 0.1) is 27.7 Å². The van der Waals surface area contributed by atoms with Gasteiger partial charge >= 0.3 is 48.0 Å². The van der Waals surface area contributed by atoms with Crippen LogP contribution in [0.25, 0.3) is 0 Å². The number of aliphatic hydroxyl groups is 1. The van der Waals surface area contributed by atoms with Crippen molar-refractivity contribution in [2.24, 2.45) is 0 Å².